The fourth-order valence-electron chi connectivity index (χ4n) is 1.95. The van der Waals surface area contributed by atoms with Crippen molar-refractivity contribution in [3.05, 3.63) is 35.9 Å². The van der Waals surface area contributed by atoms with Gasteiger partial charge in [0.25, 0.3) is 0 Å². The maximum absolute atomic E-state index is 11.9. The second-order valence-corrected chi connectivity index (χ2v) is 4.83. The highest BCUT2D eigenvalue weighted by molar-refractivity contribution is 6.05. The number of nitrogens with zero attached hydrogens (tertiary/aromatic N) is 1. The van der Waals surface area contributed by atoms with Crippen LogP contribution in [0.4, 0.5) is 0 Å². The van der Waals surface area contributed by atoms with Gasteiger partial charge < -0.3 is 0 Å². The monoisotopic (exact) mass is 217 g/mol. The van der Waals surface area contributed by atoms with Crippen LogP contribution in [0.15, 0.2) is 30.3 Å². The summed E-state index contributed by atoms with van der Waals surface area (Å²) < 4.78 is 0. The number of hydrogen-bond acceptors (Lipinski definition) is 2. The molecule has 1 saturated heterocycles. The molecule has 0 unspecified atom stereocenters. The summed E-state index contributed by atoms with van der Waals surface area (Å²) in [6.07, 6.45) is 0.318. The van der Waals surface area contributed by atoms with Gasteiger partial charge in [-0.15, -0.1) is 0 Å². The molecule has 0 N–H and O–H groups in total. The molecule has 0 bridgehead atoms. The highest BCUT2D eigenvalue weighted by Crippen LogP contribution is 2.32. The zero-order valence-corrected chi connectivity index (χ0v) is 9.56. The molecule has 84 valence electrons. The molecule has 0 saturated carbocycles. The first-order chi connectivity index (χ1) is 7.50. The van der Waals surface area contributed by atoms with E-state index in [-0.39, 0.29) is 11.8 Å². The summed E-state index contributed by atoms with van der Waals surface area (Å²) >= 11 is 0. The van der Waals surface area contributed by atoms with Crippen molar-refractivity contribution in [1.82, 2.24) is 4.90 Å². The van der Waals surface area contributed by atoms with Crippen LogP contribution in [0.1, 0.15) is 25.8 Å². The Bertz CT molecular complexity index is 423. The quantitative estimate of drug-likeness (QED) is 0.710. The van der Waals surface area contributed by atoms with Crippen LogP contribution in [-0.2, 0) is 16.1 Å². The summed E-state index contributed by atoms with van der Waals surface area (Å²) in [6, 6.07) is 9.58. The normalized spacial score (nSPS) is 19.2. The van der Waals surface area contributed by atoms with Gasteiger partial charge in [0, 0.05) is 6.42 Å². The van der Waals surface area contributed by atoms with Crippen LogP contribution in [0.5, 0.6) is 0 Å². The van der Waals surface area contributed by atoms with Crippen molar-refractivity contribution in [2.45, 2.75) is 26.8 Å². The van der Waals surface area contributed by atoms with Crippen molar-refractivity contribution in [2.75, 3.05) is 0 Å². The predicted molar refractivity (Wildman–Crippen MR) is 60.4 cm³/mol. The lowest BCUT2D eigenvalue weighted by molar-refractivity contribution is -0.141. The van der Waals surface area contributed by atoms with Crippen molar-refractivity contribution >= 4 is 11.8 Å². The van der Waals surface area contributed by atoms with Gasteiger partial charge in [-0.25, -0.2) is 0 Å². The molecule has 3 nitrogen and oxygen atoms in total. The zero-order valence-electron chi connectivity index (χ0n) is 9.56. The predicted octanol–water partition coefficient (Wildman–Crippen LogP) is 1.97. The Balaban J connectivity index is 2.18. The average molecular weight is 217 g/mol. The van der Waals surface area contributed by atoms with E-state index in [1.807, 2.05) is 44.2 Å². The second kappa shape index (κ2) is 3.74. The summed E-state index contributed by atoms with van der Waals surface area (Å²) in [5, 5.41) is 0. The van der Waals surface area contributed by atoms with Gasteiger partial charge in [0.15, 0.2) is 0 Å². The van der Waals surface area contributed by atoms with Crippen LogP contribution < -0.4 is 0 Å². The molecule has 0 radical (unpaired) electrons. The Kier molecular flexibility index (Phi) is 2.54. The van der Waals surface area contributed by atoms with Gasteiger partial charge in [0.05, 0.1) is 12.0 Å². The number of imide groups is 1. The van der Waals surface area contributed by atoms with E-state index in [1.54, 1.807) is 0 Å². The first-order valence-corrected chi connectivity index (χ1v) is 5.39. The van der Waals surface area contributed by atoms with Gasteiger partial charge in [-0.05, 0) is 5.56 Å². The molecule has 1 aromatic rings. The molecule has 16 heavy (non-hydrogen) atoms. The Hall–Kier alpha value is -1.64. The summed E-state index contributed by atoms with van der Waals surface area (Å²) in [4.78, 5) is 25.0. The molecular weight excluding hydrogens is 202 g/mol. The van der Waals surface area contributed by atoms with Crippen LogP contribution in [-0.4, -0.2) is 16.7 Å². The standard InChI is InChI=1S/C13H15NO2/c1-13(2)8-11(15)14(12(13)16)9-10-6-4-3-5-7-10/h3-7H,8-9H2,1-2H3. The highest BCUT2D eigenvalue weighted by atomic mass is 16.2. The maximum Gasteiger partial charge on any atom is 0.235 e. The number of likely N-dealkylation sites (tertiary alicyclic amines) is 1. The Morgan fingerprint density at radius 1 is 1.19 bits per heavy atom. The van der Waals surface area contributed by atoms with E-state index in [1.165, 1.54) is 4.90 Å². The summed E-state index contributed by atoms with van der Waals surface area (Å²) in [5.41, 5.74) is 0.452. The molecule has 3 heteroatoms. The fourth-order valence-corrected chi connectivity index (χ4v) is 1.95. The van der Waals surface area contributed by atoms with Crippen LogP contribution >= 0.6 is 0 Å². The van der Waals surface area contributed by atoms with E-state index < -0.39 is 5.41 Å². The SMILES string of the molecule is CC1(C)CC(=O)N(Cc2ccccc2)C1=O. The molecule has 1 heterocycles. The van der Waals surface area contributed by atoms with E-state index in [4.69, 9.17) is 0 Å². The highest BCUT2D eigenvalue weighted by Gasteiger charge is 2.44. The molecule has 1 aromatic carbocycles. The number of hydrogen-bond donors (Lipinski definition) is 0. The molecule has 2 rings (SSSR count). The van der Waals surface area contributed by atoms with Crippen molar-refractivity contribution in [3.8, 4) is 0 Å². The van der Waals surface area contributed by atoms with Crippen molar-refractivity contribution in [1.29, 1.82) is 0 Å². The molecular formula is C13H15NO2. The minimum Gasteiger partial charge on any atom is -0.278 e. The van der Waals surface area contributed by atoms with Crippen molar-refractivity contribution in [2.24, 2.45) is 5.41 Å². The van der Waals surface area contributed by atoms with Crippen LogP contribution in [0.3, 0.4) is 0 Å². The molecule has 2 amide bonds. The minimum atomic E-state index is -0.536. The molecule has 1 aliphatic rings. The maximum atomic E-state index is 11.9. The smallest absolute Gasteiger partial charge is 0.235 e. The lowest BCUT2D eigenvalue weighted by Crippen LogP contribution is -2.32. The topological polar surface area (TPSA) is 37.4 Å². The zero-order chi connectivity index (χ0) is 11.8. The number of benzene rings is 1. The van der Waals surface area contributed by atoms with Gasteiger partial charge in [-0.2, -0.15) is 0 Å². The number of rotatable bonds is 2. The number of carbonyl (C=O) groups is 2. The third-order valence-corrected chi connectivity index (χ3v) is 2.90. The third kappa shape index (κ3) is 1.85. The Labute approximate surface area is 95.1 Å². The lowest BCUT2D eigenvalue weighted by atomic mass is 9.92. The van der Waals surface area contributed by atoms with Gasteiger partial charge in [0.2, 0.25) is 11.8 Å². The van der Waals surface area contributed by atoms with E-state index in [0.717, 1.165) is 5.56 Å². The van der Waals surface area contributed by atoms with Crippen LogP contribution in [0.2, 0.25) is 0 Å². The first-order valence-electron chi connectivity index (χ1n) is 5.39. The van der Waals surface area contributed by atoms with Crippen LogP contribution in [0.25, 0.3) is 0 Å². The van der Waals surface area contributed by atoms with E-state index in [9.17, 15) is 9.59 Å². The van der Waals surface area contributed by atoms with Crippen LogP contribution in [0, 0.1) is 5.41 Å². The first kappa shape index (κ1) is 10.9. The fraction of sp³-hybridized carbons (Fsp3) is 0.385. The third-order valence-electron chi connectivity index (χ3n) is 2.90. The van der Waals surface area contributed by atoms with E-state index in [2.05, 4.69) is 0 Å². The van der Waals surface area contributed by atoms with Crippen molar-refractivity contribution in [3.63, 3.8) is 0 Å². The van der Waals surface area contributed by atoms with E-state index in [0.29, 0.717) is 13.0 Å². The summed E-state index contributed by atoms with van der Waals surface area (Å²) in [6.45, 7) is 4.03. The lowest BCUT2D eigenvalue weighted by Gasteiger charge is -2.17. The molecule has 0 aliphatic carbocycles. The van der Waals surface area contributed by atoms with Gasteiger partial charge in [0.1, 0.15) is 0 Å². The minimum absolute atomic E-state index is 0.0682. The van der Waals surface area contributed by atoms with Gasteiger partial charge in [-0.3, -0.25) is 14.5 Å². The summed E-state index contributed by atoms with van der Waals surface area (Å²) in [5.74, 6) is -0.139. The molecule has 0 aromatic heterocycles. The Morgan fingerprint density at radius 2 is 1.81 bits per heavy atom. The largest absolute Gasteiger partial charge is 0.278 e. The molecule has 1 fully saturated rings. The van der Waals surface area contributed by atoms with Gasteiger partial charge in [-0.1, -0.05) is 44.2 Å². The van der Waals surface area contributed by atoms with Crippen molar-refractivity contribution < 1.29 is 9.59 Å². The van der Waals surface area contributed by atoms with Gasteiger partial charge >= 0.3 is 0 Å². The average Bonchev–Trinajstić information content (AvgIpc) is 2.42. The summed E-state index contributed by atoms with van der Waals surface area (Å²) in [7, 11) is 0. The number of carbonyl (C=O) groups excluding carboxylic acids is 2. The molecule has 0 spiro atoms. The number of amides is 2. The van der Waals surface area contributed by atoms with E-state index >= 15 is 0 Å². The second-order valence-electron chi connectivity index (χ2n) is 4.83. The molecule has 0 atom stereocenters. The molecule has 1 aliphatic heterocycles. The Morgan fingerprint density at radius 3 is 2.31 bits per heavy atom.